The predicted octanol–water partition coefficient (Wildman–Crippen LogP) is 1.80. The first-order valence-corrected chi connectivity index (χ1v) is 4.55. The Labute approximate surface area is 83.9 Å². The Morgan fingerprint density at radius 2 is 2.21 bits per heavy atom. The normalized spacial score (nSPS) is 9.86. The van der Waals surface area contributed by atoms with Gasteiger partial charge in [-0.3, -0.25) is 0 Å². The third-order valence-corrected chi connectivity index (χ3v) is 2.06. The number of hydrogen-bond acceptors (Lipinski definition) is 3. The van der Waals surface area contributed by atoms with Crippen LogP contribution in [0.25, 0.3) is 0 Å². The van der Waals surface area contributed by atoms with E-state index in [0.29, 0.717) is 17.9 Å². The first kappa shape index (κ1) is 10.6. The monoisotopic (exact) mass is 193 g/mol. The largest absolute Gasteiger partial charge is 0.495 e. The highest BCUT2D eigenvalue weighted by atomic mass is 16.5. The van der Waals surface area contributed by atoms with Crippen molar-refractivity contribution in [2.45, 2.75) is 19.8 Å². The van der Waals surface area contributed by atoms with Crippen molar-refractivity contribution in [1.82, 2.24) is 0 Å². The van der Waals surface area contributed by atoms with Crippen LogP contribution in [-0.2, 0) is 11.2 Å². The minimum atomic E-state index is 0.195. The molecule has 0 atom stereocenters. The van der Waals surface area contributed by atoms with Crippen LogP contribution in [0.15, 0.2) is 18.2 Å². The zero-order chi connectivity index (χ0) is 10.6. The number of nitrogen functional groups attached to an aromatic ring is 1. The van der Waals surface area contributed by atoms with Crippen LogP contribution in [-0.4, -0.2) is 12.9 Å². The molecule has 1 aromatic carbocycles. The molecule has 3 nitrogen and oxygen atoms in total. The van der Waals surface area contributed by atoms with Gasteiger partial charge in [-0.2, -0.15) is 0 Å². The zero-order valence-electron chi connectivity index (χ0n) is 8.54. The molecule has 2 N–H and O–H groups in total. The van der Waals surface area contributed by atoms with Crippen LogP contribution in [0.4, 0.5) is 5.69 Å². The van der Waals surface area contributed by atoms with Crippen molar-refractivity contribution < 1.29 is 9.53 Å². The van der Waals surface area contributed by atoms with E-state index in [2.05, 4.69) is 0 Å². The molecular weight excluding hydrogens is 178 g/mol. The number of ether oxygens (including phenoxy) is 1. The Balaban J connectivity index is 2.74. The van der Waals surface area contributed by atoms with Crippen LogP contribution in [0.5, 0.6) is 5.75 Å². The summed E-state index contributed by atoms with van der Waals surface area (Å²) in [5.41, 5.74) is 7.36. The number of hydrogen-bond donors (Lipinski definition) is 1. The summed E-state index contributed by atoms with van der Waals surface area (Å²) in [5.74, 6) is 0.867. The second kappa shape index (κ2) is 4.65. The molecule has 0 saturated carbocycles. The summed E-state index contributed by atoms with van der Waals surface area (Å²) in [6, 6.07) is 5.59. The molecule has 3 heteroatoms. The summed E-state index contributed by atoms with van der Waals surface area (Å²) in [4.78, 5) is 10.8. The van der Waals surface area contributed by atoms with Gasteiger partial charge in [-0.25, -0.2) is 0 Å². The number of Topliss-reactive ketones (excluding diaryl/α,β-unsaturated/α-hetero) is 1. The van der Waals surface area contributed by atoms with Crippen molar-refractivity contribution in [3.05, 3.63) is 23.8 Å². The van der Waals surface area contributed by atoms with Crippen molar-refractivity contribution >= 4 is 11.5 Å². The summed E-state index contributed by atoms with van der Waals surface area (Å²) in [5, 5.41) is 0. The molecule has 0 spiro atoms. The number of rotatable bonds is 4. The second-order valence-corrected chi connectivity index (χ2v) is 3.28. The topological polar surface area (TPSA) is 52.3 Å². The third kappa shape index (κ3) is 2.76. The van der Waals surface area contributed by atoms with Crippen LogP contribution >= 0.6 is 0 Å². The highest BCUT2D eigenvalue weighted by Crippen LogP contribution is 2.22. The summed E-state index contributed by atoms with van der Waals surface area (Å²) < 4.78 is 5.08. The molecule has 0 aromatic heterocycles. The Hall–Kier alpha value is -1.51. The molecule has 0 bridgehead atoms. The standard InChI is InChI=1S/C11H15NO2/c1-8(13)3-4-9-5-6-10(12)11(7-9)14-2/h5-7H,3-4,12H2,1-2H3. The second-order valence-electron chi connectivity index (χ2n) is 3.28. The van der Waals surface area contributed by atoms with Gasteiger partial charge in [-0.1, -0.05) is 6.07 Å². The van der Waals surface area contributed by atoms with Gasteiger partial charge >= 0.3 is 0 Å². The van der Waals surface area contributed by atoms with Gasteiger partial charge in [0.2, 0.25) is 0 Å². The van der Waals surface area contributed by atoms with E-state index in [1.807, 2.05) is 12.1 Å². The van der Waals surface area contributed by atoms with Gasteiger partial charge in [-0.15, -0.1) is 0 Å². The molecular formula is C11H15NO2. The van der Waals surface area contributed by atoms with Gasteiger partial charge < -0.3 is 15.3 Å². The number of ketones is 1. The molecule has 0 aliphatic heterocycles. The molecule has 1 aromatic rings. The van der Waals surface area contributed by atoms with Gasteiger partial charge in [-0.05, 0) is 31.0 Å². The quantitative estimate of drug-likeness (QED) is 0.742. The lowest BCUT2D eigenvalue weighted by molar-refractivity contribution is -0.116. The maximum atomic E-state index is 10.8. The highest BCUT2D eigenvalue weighted by Gasteiger charge is 2.01. The van der Waals surface area contributed by atoms with E-state index in [1.165, 1.54) is 0 Å². The molecule has 1 rings (SSSR count). The van der Waals surface area contributed by atoms with Crippen molar-refractivity contribution in [3.8, 4) is 5.75 Å². The third-order valence-electron chi connectivity index (χ3n) is 2.06. The fourth-order valence-electron chi connectivity index (χ4n) is 1.23. The van der Waals surface area contributed by atoms with Gasteiger partial charge in [0.05, 0.1) is 12.8 Å². The lowest BCUT2D eigenvalue weighted by atomic mass is 10.1. The zero-order valence-corrected chi connectivity index (χ0v) is 8.54. The van der Waals surface area contributed by atoms with Crippen molar-refractivity contribution in [1.29, 1.82) is 0 Å². The van der Waals surface area contributed by atoms with E-state index in [0.717, 1.165) is 12.0 Å². The van der Waals surface area contributed by atoms with E-state index < -0.39 is 0 Å². The Morgan fingerprint density at radius 1 is 1.50 bits per heavy atom. The number of carbonyl (C=O) groups excluding carboxylic acids is 1. The fraction of sp³-hybridized carbons (Fsp3) is 0.364. The maximum absolute atomic E-state index is 10.8. The van der Waals surface area contributed by atoms with Crippen LogP contribution < -0.4 is 10.5 Å². The minimum absolute atomic E-state index is 0.195. The Morgan fingerprint density at radius 3 is 2.79 bits per heavy atom. The molecule has 0 radical (unpaired) electrons. The number of benzene rings is 1. The summed E-state index contributed by atoms with van der Waals surface area (Å²) in [6.45, 7) is 1.59. The van der Waals surface area contributed by atoms with Crippen LogP contribution in [0.3, 0.4) is 0 Å². The first-order chi connectivity index (χ1) is 6.63. The Kier molecular flexibility index (Phi) is 3.51. The molecule has 0 aliphatic rings. The fourth-order valence-corrected chi connectivity index (χ4v) is 1.23. The van der Waals surface area contributed by atoms with Crippen LogP contribution in [0.2, 0.25) is 0 Å². The molecule has 0 amide bonds. The Bertz CT molecular complexity index is 334. The molecule has 0 unspecified atom stereocenters. The van der Waals surface area contributed by atoms with Gasteiger partial charge in [0.15, 0.2) is 0 Å². The highest BCUT2D eigenvalue weighted by molar-refractivity contribution is 5.75. The van der Waals surface area contributed by atoms with E-state index in [9.17, 15) is 4.79 Å². The smallest absolute Gasteiger partial charge is 0.142 e. The summed E-state index contributed by atoms with van der Waals surface area (Å²) >= 11 is 0. The van der Waals surface area contributed by atoms with Gasteiger partial charge in [0.1, 0.15) is 11.5 Å². The minimum Gasteiger partial charge on any atom is -0.495 e. The molecule has 0 saturated heterocycles. The van der Waals surface area contributed by atoms with E-state index >= 15 is 0 Å². The molecule has 76 valence electrons. The van der Waals surface area contributed by atoms with Crippen molar-refractivity contribution in [2.24, 2.45) is 0 Å². The average Bonchev–Trinajstić information content (AvgIpc) is 2.16. The number of anilines is 1. The van der Waals surface area contributed by atoms with Crippen LogP contribution in [0.1, 0.15) is 18.9 Å². The van der Waals surface area contributed by atoms with Gasteiger partial charge in [0.25, 0.3) is 0 Å². The number of aryl methyl sites for hydroxylation is 1. The van der Waals surface area contributed by atoms with Gasteiger partial charge in [0, 0.05) is 6.42 Å². The summed E-state index contributed by atoms with van der Waals surface area (Å²) in [7, 11) is 1.58. The van der Waals surface area contributed by atoms with E-state index in [4.69, 9.17) is 10.5 Å². The number of nitrogens with two attached hydrogens (primary N) is 1. The lowest BCUT2D eigenvalue weighted by Crippen LogP contribution is -1.97. The number of carbonyl (C=O) groups is 1. The predicted molar refractivity (Wildman–Crippen MR) is 56.4 cm³/mol. The van der Waals surface area contributed by atoms with Crippen molar-refractivity contribution in [3.63, 3.8) is 0 Å². The first-order valence-electron chi connectivity index (χ1n) is 4.55. The molecule has 14 heavy (non-hydrogen) atoms. The molecule has 0 fully saturated rings. The van der Waals surface area contributed by atoms with E-state index in [-0.39, 0.29) is 5.78 Å². The lowest BCUT2D eigenvalue weighted by Gasteiger charge is -2.06. The maximum Gasteiger partial charge on any atom is 0.142 e. The average molecular weight is 193 g/mol. The van der Waals surface area contributed by atoms with E-state index in [1.54, 1.807) is 20.1 Å². The van der Waals surface area contributed by atoms with Crippen molar-refractivity contribution in [2.75, 3.05) is 12.8 Å². The number of methoxy groups -OCH3 is 1. The molecule has 0 heterocycles. The molecule has 0 aliphatic carbocycles. The summed E-state index contributed by atoms with van der Waals surface area (Å²) in [6.07, 6.45) is 1.30. The SMILES string of the molecule is COc1cc(CCC(C)=O)ccc1N. The van der Waals surface area contributed by atoms with Crippen LogP contribution in [0, 0.1) is 0 Å².